The molecule has 1 N–H and O–H groups in total. The number of halogens is 1. The second kappa shape index (κ2) is 8.06. The summed E-state index contributed by atoms with van der Waals surface area (Å²) in [6.07, 6.45) is -0.994. The van der Waals surface area contributed by atoms with Gasteiger partial charge in [0.25, 0.3) is 5.91 Å². The number of hydrogen-bond donors (Lipinski definition) is 1. The molecule has 0 aliphatic rings. The van der Waals surface area contributed by atoms with Crippen LogP contribution in [0.25, 0.3) is 0 Å². The maximum atomic E-state index is 12.9. The molecule has 0 saturated carbocycles. The Morgan fingerprint density at radius 2 is 1.68 bits per heavy atom. The Bertz CT molecular complexity index is 795. The monoisotopic (exact) mass is 340 g/mol. The number of nitrogens with one attached hydrogen (secondary N) is 1. The molecular formula is C19H17FN2O3. The van der Waals surface area contributed by atoms with Crippen LogP contribution >= 0.6 is 0 Å². The van der Waals surface area contributed by atoms with Crippen molar-refractivity contribution in [3.05, 3.63) is 71.0 Å². The Hall–Kier alpha value is -3.20. The van der Waals surface area contributed by atoms with Crippen LogP contribution in [0.1, 0.15) is 41.4 Å². The number of amides is 1. The zero-order valence-corrected chi connectivity index (χ0v) is 13.8. The van der Waals surface area contributed by atoms with Crippen LogP contribution in [0.2, 0.25) is 0 Å². The maximum Gasteiger partial charge on any atom is 0.338 e. The van der Waals surface area contributed by atoms with Gasteiger partial charge in [-0.3, -0.25) is 4.79 Å². The van der Waals surface area contributed by atoms with Gasteiger partial charge in [0.1, 0.15) is 5.82 Å². The number of ether oxygens (including phenoxy) is 1. The molecule has 1 amide bonds. The Balaban J connectivity index is 1.93. The molecule has 0 fully saturated rings. The lowest BCUT2D eigenvalue weighted by atomic mass is 10.1. The standard InChI is InChI=1S/C19H17FN2O3/c1-12(15-7-9-17(20)10-8-15)22-18(23)13(2)25-19(24)16-5-3-14(11-21)4-6-16/h3-10,12-13H,1-2H3,(H,22,23)/t12-,13+/m0/s1. The maximum absolute atomic E-state index is 12.9. The molecule has 2 aromatic carbocycles. The molecule has 0 bridgehead atoms. The number of esters is 1. The van der Waals surface area contributed by atoms with Crippen LogP contribution in [0.3, 0.4) is 0 Å². The van der Waals surface area contributed by atoms with Gasteiger partial charge >= 0.3 is 5.97 Å². The fourth-order valence-electron chi connectivity index (χ4n) is 2.13. The van der Waals surface area contributed by atoms with Gasteiger partial charge in [-0.05, 0) is 55.8 Å². The summed E-state index contributed by atoms with van der Waals surface area (Å²) in [7, 11) is 0. The van der Waals surface area contributed by atoms with E-state index in [2.05, 4.69) is 5.32 Å². The predicted molar refractivity (Wildman–Crippen MR) is 89.0 cm³/mol. The summed E-state index contributed by atoms with van der Waals surface area (Å²) < 4.78 is 18.1. The highest BCUT2D eigenvalue weighted by molar-refractivity contribution is 5.92. The summed E-state index contributed by atoms with van der Waals surface area (Å²) in [5, 5.41) is 11.4. The van der Waals surface area contributed by atoms with E-state index >= 15 is 0 Å². The minimum Gasteiger partial charge on any atom is -0.449 e. The van der Waals surface area contributed by atoms with E-state index in [-0.39, 0.29) is 17.4 Å². The van der Waals surface area contributed by atoms with Crippen molar-refractivity contribution in [2.75, 3.05) is 0 Å². The largest absolute Gasteiger partial charge is 0.449 e. The highest BCUT2D eigenvalue weighted by Crippen LogP contribution is 2.13. The van der Waals surface area contributed by atoms with Crippen LogP contribution < -0.4 is 5.32 Å². The van der Waals surface area contributed by atoms with Crippen LogP contribution in [0.4, 0.5) is 4.39 Å². The Labute approximate surface area is 145 Å². The molecule has 0 aromatic heterocycles. The van der Waals surface area contributed by atoms with Crippen LogP contribution in [-0.4, -0.2) is 18.0 Å². The van der Waals surface area contributed by atoms with Gasteiger partial charge in [-0.1, -0.05) is 12.1 Å². The molecular weight excluding hydrogens is 323 g/mol. The Morgan fingerprint density at radius 3 is 2.24 bits per heavy atom. The molecule has 0 radical (unpaired) electrons. The summed E-state index contributed by atoms with van der Waals surface area (Å²) in [5.74, 6) is -1.47. The number of carbonyl (C=O) groups excluding carboxylic acids is 2. The first-order valence-electron chi connectivity index (χ1n) is 7.67. The van der Waals surface area contributed by atoms with Gasteiger partial charge in [-0.25, -0.2) is 9.18 Å². The third-order valence-electron chi connectivity index (χ3n) is 3.63. The number of nitrogens with zero attached hydrogens (tertiary/aromatic N) is 1. The van der Waals surface area contributed by atoms with Crippen molar-refractivity contribution >= 4 is 11.9 Å². The SMILES string of the molecule is C[C@H](NC(=O)[C@@H](C)OC(=O)c1ccc(C#N)cc1)c1ccc(F)cc1. The van der Waals surface area contributed by atoms with Crippen LogP contribution in [-0.2, 0) is 9.53 Å². The van der Waals surface area contributed by atoms with Crippen molar-refractivity contribution in [2.24, 2.45) is 0 Å². The number of carbonyl (C=O) groups is 2. The molecule has 0 saturated heterocycles. The Kier molecular flexibility index (Phi) is 5.85. The molecule has 0 aliphatic carbocycles. The molecule has 2 aromatic rings. The van der Waals surface area contributed by atoms with Crippen molar-refractivity contribution in [2.45, 2.75) is 26.0 Å². The normalized spacial score (nSPS) is 12.6. The summed E-state index contributed by atoms with van der Waals surface area (Å²) >= 11 is 0. The average molecular weight is 340 g/mol. The molecule has 0 unspecified atom stereocenters. The molecule has 5 nitrogen and oxygen atoms in total. The van der Waals surface area contributed by atoms with E-state index in [1.165, 1.54) is 43.3 Å². The van der Waals surface area contributed by atoms with Gasteiger partial charge in [0.15, 0.2) is 6.10 Å². The lowest BCUT2D eigenvalue weighted by Crippen LogP contribution is -2.37. The van der Waals surface area contributed by atoms with E-state index < -0.39 is 18.0 Å². The fourth-order valence-corrected chi connectivity index (χ4v) is 2.13. The van der Waals surface area contributed by atoms with Gasteiger partial charge in [0, 0.05) is 0 Å². The molecule has 6 heteroatoms. The number of rotatable bonds is 5. The first-order chi connectivity index (χ1) is 11.9. The van der Waals surface area contributed by atoms with Crippen LogP contribution in [0, 0.1) is 17.1 Å². The topological polar surface area (TPSA) is 79.2 Å². The predicted octanol–water partition coefficient (Wildman–Crippen LogP) is 3.12. The molecule has 0 aliphatic heterocycles. The van der Waals surface area contributed by atoms with Crippen molar-refractivity contribution in [3.8, 4) is 6.07 Å². The van der Waals surface area contributed by atoms with Crippen LogP contribution in [0.15, 0.2) is 48.5 Å². The summed E-state index contributed by atoms with van der Waals surface area (Å²) in [6, 6.07) is 13.3. The van der Waals surface area contributed by atoms with Crippen molar-refractivity contribution in [1.82, 2.24) is 5.32 Å². The first kappa shape index (κ1) is 18.1. The van der Waals surface area contributed by atoms with Gasteiger partial charge < -0.3 is 10.1 Å². The van der Waals surface area contributed by atoms with Gasteiger partial charge in [-0.2, -0.15) is 5.26 Å². The minimum absolute atomic E-state index is 0.255. The van der Waals surface area contributed by atoms with Gasteiger partial charge in [0.2, 0.25) is 0 Å². The first-order valence-corrected chi connectivity index (χ1v) is 7.67. The Morgan fingerprint density at radius 1 is 1.08 bits per heavy atom. The van der Waals surface area contributed by atoms with Crippen LogP contribution in [0.5, 0.6) is 0 Å². The number of benzene rings is 2. The van der Waals surface area contributed by atoms with E-state index in [1.807, 2.05) is 6.07 Å². The molecule has 2 rings (SSSR count). The lowest BCUT2D eigenvalue weighted by Gasteiger charge is -2.18. The average Bonchev–Trinajstić information content (AvgIpc) is 2.62. The third-order valence-corrected chi connectivity index (χ3v) is 3.63. The number of nitriles is 1. The fraction of sp³-hybridized carbons (Fsp3) is 0.211. The van der Waals surface area contributed by atoms with E-state index in [4.69, 9.17) is 10.00 Å². The van der Waals surface area contributed by atoms with E-state index in [0.717, 1.165) is 5.56 Å². The molecule has 25 heavy (non-hydrogen) atoms. The van der Waals surface area contributed by atoms with E-state index in [1.54, 1.807) is 19.1 Å². The molecule has 0 heterocycles. The smallest absolute Gasteiger partial charge is 0.338 e. The minimum atomic E-state index is -0.994. The van der Waals surface area contributed by atoms with Crippen molar-refractivity contribution in [1.29, 1.82) is 5.26 Å². The van der Waals surface area contributed by atoms with E-state index in [0.29, 0.717) is 5.56 Å². The highest BCUT2D eigenvalue weighted by atomic mass is 19.1. The second-order valence-corrected chi connectivity index (χ2v) is 5.52. The van der Waals surface area contributed by atoms with E-state index in [9.17, 15) is 14.0 Å². The lowest BCUT2D eigenvalue weighted by molar-refractivity contribution is -0.129. The zero-order chi connectivity index (χ0) is 18.4. The van der Waals surface area contributed by atoms with Crippen molar-refractivity contribution in [3.63, 3.8) is 0 Å². The molecule has 0 spiro atoms. The number of hydrogen-bond acceptors (Lipinski definition) is 4. The quantitative estimate of drug-likeness (QED) is 0.848. The summed E-state index contributed by atoms with van der Waals surface area (Å²) in [4.78, 5) is 24.2. The molecule has 2 atom stereocenters. The second-order valence-electron chi connectivity index (χ2n) is 5.52. The highest BCUT2D eigenvalue weighted by Gasteiger charge is 2.20. The summed E-state index contributed by atoms with van der Waals surface area (Å²) in [6.45, 7) is 3.22. The summed E-state index contributed by atoms with van der Waals surface area (Å²) in [5.41, 5.74) is 1.42. The molecule has 128 valence electrons. The van der Waals surface area contributed by atoms with Crippen molar-refractivity contribution < 1.29 is 18.7 Å². The third kappa shape index (κ3) is 4.88. The van der Waals surface area contributed by atoms with Gasteiger partial charge in [0.05, 0.1) is 23.2 Å². The van der Waals surface area contributed by atoms with Gasteiger partial charge in [-0.15, -0.1) is 0 Å². The zero-order valence-electron chi connectivity index (χ0n) is 13.8.